The van der Waals surface area contributed by atoms with Gasteiger partial charge in [0, 0.05) is 6.54 Å². The fourth-order valence-corrected chi connectivity index (χ4v) is 2.55. The van der Waals surface area contributed by atoms with Crippen LogP contribution in [-0.4, -0.2) is 14.9 Å². The molecule has 0 radical (unpaired) electrons. The molecule has 0 saturated carbocycles. The van der Waals surface area contributed by atoms with Crippen LogP contribution in [0.3, 0.4) is 0 Å². The average molecular weight is 279 g/mol. The molecule has 1 N–H and O–H groups in total. The number of aromatic nitrogens is 2. The van der Waals surface area contributed by atoms with Crippen molar-refractivity contribution >= 4 is 11.6 Å². The maximum Gasteiger partial charge on any atom is 0.122 e. The molecule has 0 aliphatic heterocycles. The van der Waals surface area contributed by atoms with Gasteiger partial charge in [-0.05, 0) is 24.0 Å². The van der Waals surface area contributed by atoms with Gasteiger partial charge in [0.1, 0.15) is 6.10 Å². The highest BCUT2D eigenvalue weighted by molar-refractivity contribution is 6.31. The zero-order valence-corrected chi connectivity index (χ0v) is 12.1. The van der Waals surface area contributed by atoms with Crippen LogP contribution in [0.5, 0.6) is 0 Å². The Morgan fingerprint density at radius 2 is 2.05 bits per heavy atom. The van der Waals surface area contributed by atoms with Crippen molar-refractivity contribution in [2.45, 2.75) is 39.3 Å². The van der Waals surface area contributed by atoms with E-state index in [1.54, 1.807) is 10.9 Å². The van der Waals surface area contributed by atoms with Gasteiger partial charge in [-0.2, -0.15) is 5.10 Å². The van der Waals surface area contributed by atoms with Crippen LogP contribution in [0.1, 0.15) is 43.2 Å². The maximum absolute atomic E-state index is 10.6. The number of hydrogen-bond acceptors (Lipinski definition) is 2. The van der Waals surface area contributed by atoms with E-state index in [9.17, 15) is 5.11 Å². The largest absolute Gasteiger partial charge is 0.382 e. The lowest BCUT2D eigenvalue weighted by Crippen LogP contribution is -2.12. The molecular weight excluding hydrogens is 260 g/mol. The minimum Gasteiger partial charge on any atom is -0.382 e. The SMILES string of the molecule is CCCn1ncc(Cl)c1C(O)c1ccccc1CC. The van der Waals surface area contributed by atoms with Gasteiger partial charge in [0.05, 0.1) is 16.9 Å². The first-order chi connectivity index (χ1) is 9.19. The standard InChI is InChI=1S/C15H19ClN2O/c1-3-9-18-14(13(16)10-17-18)15(19)12-8-6-5-7-11(12)4-2/h5-8,10,15,19H,3-4,9H2,1-2H3. The zero-order chi connectivity index (χ0) is 13.8. The second-order valence-corrected chi connectivity index (χ2v) is 4.96. The zero-order valence-electron chi connectivity index (χ0n) is 11.3. The Hall–Kier alpha value is -1.32. The minimum absolute atomic E-state index is 0.520. The molecule has 2 rings (SSSR count). The second-order valence-electron chi connectivity index (χ2n) is 4.56. The van der Waals surface area contributed by atoms with E-state index in [0.29, 0.717) is 10.7 Å². The third kappa shape index (κ3) is 2.82. The number of benzene rings is 1. The van der Waals surface area contributed by atoms with Crippen molar-refractivity contribution in [2.24, 2.45) is 0 Å². The molecule has 1 aromatic heterocycles. The van der Waals surface area contributed by atoms with E-state index in [2.05, 4.69) is 18.9 Å². The van der Waals surface area contributed by atoms with E-state index in [0.717, 1.165) is 30.5 Å². The van der Waals surface area contributed by atoms with Gasteiger partial charge in [-0.3, -0.25) is 4.68 Å². The molecule has 19 heavy (non-hydrogen) atoms. The molecular formula is C15H19ClN2O. The molecule has 1 atom stereocenters. The van der Waals surface area contributed by atoms with Crippen molar-refractivity contribution in [3.8, 4) is 0 Å². The smallest absolute Gasteiger partial charge is 0.122 e. The highest BCUT2D eigenvalue weighted by atomic mass is 35.5. The molecule has 0 amide bonds. The van der Waals surface area contributed by atoms with E-state index in [4.69, 9.17) is 11.6 Å². The summed E-state index contributed by atoms with van der Waals surface area (Å²) < 4.78 is 1.79. The molecule has 1 heterocycles. The molecule has 0 aliphatic carbocycles. The highest BCUT2D eigenvalue weighted by Crippen LogP contribution is 2.30. The minimum atomic E-state index is -0.724. The lowest BCUT2D eigenvalue weighted by atomic mass is 9.98. The van der Waals surface area contributed by atoms with Gasteiger partial charge in [0.2, 0.25) is 0 Å². The molecule has 0 aliphatic rings. The van der Waals surface area contributed by atoms with Crippen LogP contribution in [0.2, 0.25) is 5.02 Å². The first-order valence-corrected chi connectivity index (χ1v) is 7.03. The number of aryl methyl sites for hydroxylation is 2. The van der Waals surface area contributed by atoms with E-state index >= 15 is 0 Å². The number of rotatable bonds is 5. The third-order valence-corrected chi connectivity index (χ3v) is 3.55. The van der Waals surface area contributed by atoms with Crippen LogP contribution in [0, 0.1) is 0 Å². The van der Waals surface area contributed by atoms with Crippen molar-refractivity contribution in [3.05, 3.63) is 52.3 Å². The summed E-state index contributed by atoms with van der Waals surface area (Å²) in [6, 6.07) is 7.91. The predicted molar refractivity (Wildman–Crippen MR) is 77.4 cm³/mol. The predicted octanol–water partition coefficient (Wildman–Crippen LogP) is 3.59. The summed E-state index contributed by atoms with van der Waals surface area (Å²) in [7, 11) is 0. The molecule has 0 spiro atoms. The topological polar surface area (TPSA) is 38.0 Å². The van der Waals surface area contributed by atoms with Crippen molar-refractivity contribution in [3.63, 3.8) is 0 Å². The Morgan fingerprint density at radius 1 is 1.32 bits per heavy atom. The molecule has 1 aromatic carbocycles. The average Bonchev–Trinajstić information content (AvgIpc) is 2.79. The van der Waals surface area contributed by atoms with Gasteiger partial charge < -0.3 is 5.11 Å². The number of halogens is 1. The van der Waals surface area contributed by atoms with Crippen LogP contribution < -0.4 is 0 Å². The Bertz CT molecular complexity index is 551. The highest BCUT2D eigenvalue weighted by Gasteiger charge is 2.21. The quantitative estimate of drug-likeness (QED) is 0.908. The van der Waals surface area contributed by atoms with Crippen molar-refractivity contribution in [1.82, 2.24) is 9.78 Å². The van der Waals surface area contributed by atoms with Crippen LogP contribution in [0.4, 0.5) is 0 Å². The molecule has 0 bridgehead atoms. The molecule has 0 saturated heterocycles. The summed E-state index contributed by atoms with van der Waals surface area (Å²) in [4.78, 5) is 0. The van der Waals surface area contributed by atoms with E-state index in [-0.39, 0.29) is 0 Å². The summed E-state index contributed by atoms with van der Waals surface area (Å²) in [5.41, 5.74) is 2.73. The van der Waals surface area contributed by atoms with Crippen molar-refractivity contribution in [1.29, 1.82) is 0 Å². The van der Waals surface area contributed by atoms with Crippen LogP contribution >= 0.6 is 11.6 Å². The Morgan fingerprint density at radius 3 is 2.74 bits per heavy atom. The Kier molecular flexibility index (Phi) is 4.61. The number of aliphatic hydroxyl groups is 1. The molecule has 102 valence electrons. The van der Waals surface area contributed by atoms with Crippen LogP contribution in [-0.2, 0) is 13.0 Å². The van der Waals surface area contributed by atoms with Gasteiger partial charge >= 0.3 is 0 Å². The monoisotopic (exact) mass is 278 g/mol. The van der Waals surface area contributed by atoms with Gasteiger partial charge in [-0.25, -0.2) is 0 Å². The lowest BCUT2D eigenvalue weighted by molar-refractivity contribution is 0.206. The lowest BCUT2D eigenvalue weighted by Gasteiger charge is -2.17. The van der Waals surface area contributed by atoms with Crippen molar-refractivity contribution < 1.29 is 5.11 Å². The van der Waals surface area contributed by atoms with Gasteiger partial charge in [-0.15, -0.1) is 0 Å². The summed E-state index contributed by atoms with van der Waals surface area (Å²) in [6.45, 7) is 4.91. The first kappa shape index (κ1) is 14.1. The normalized spacial score (nSPS) is 12.6. The van der Waals surface area contributed by atoms with Gasteiger partial charge in [0.25, 0.3) is 0 Å². The van der Waals surface area contributed by atoms with Gasteiger partial charge in [-0.1, -0.05) is 49.7 Å². The third-order valence-electron chi connectivity index (χ3n) is 3.26. The van der Waals surface area contributed by atoms with E-state index in [1.807, 2.05) is 24.3 Å². The Labute approximate surface area is 118 Å². The van der Waals surface area contributed by atoms with E-state index < -0.39 is 6.10 Å². The fourth-order valence-electron chi connectivity index (χ4n) is 2.30. The summed E-state index contributed by atoms with van der Waals surface area (Å²) in [5, 5.41) is 15.4. The van der Waals surface area contributed by atoms with Gasteiger partial charge in [0.15, 0.2) is 0 Å². The number of aliphatic hydroxyl groups excluding tert-OH is 1. The molecule has 1 unspecified atom stereocenters. The second kappa shape index (κ2) is 6.22. The van der Waals surface area contributed by atoms with Crippen LogP contribution in [0.25, 0.3) is 0 Å². The first-order valence-electron chi connectivity index (χ1n) is 6.66. The molecule has 3 nitrogen and oxygen atoms in total. The molecule has 0 fully saturated rings. The van der Waals surface area contributed by atoms with Crippen molar-refractivity contribution in [2.75, 3.05) is 0 Å². The van der Waals surface area contributed by atoms with E-state index in [1.165, 1.54) is 0 Å². The Balaban J connectivity index is 2.43. The van der Waals surface area contributed by atoms with Crippen LogP contribution in [0.15, 0.2) is 30.5 Å². The number of hydrogen-bond donors (Lipinski definition) is 1. The number of nitrogens with zero attached hydrogens (tertiary/aromatic N) is 2. The maximum atomic E-state index is 10.6. The molecule has 2 aromatic rings. The molecule has 4 heteroatoms. The fraction of sp³-hybridized carbons (Fsp3) is 0.400. The summed E-state index contributed by atoms with van der Waals surface area (Å²) in [6.07, 6.45) is 2.71. The summed E-state index contributed by atoms with van der Waals surface area (Å²) >= 11 is 6.18. The summed E-state index contributed by atoms with van der Waals surface area (Å²) in [5.74, 6) is 0.